The molecule has 2 rings (SSSR count). The van der Waals surface area contributed by atoms with E-state index in [1.54, 1.807) is 0 Å². The van der Waals surface area contributed by atoms with Crippen molar-refractivity contribution in [3.8, 4) is 0 Å². The second-order valence-corrected chi connectivity index (χ2v) is 5.65. The minimum atomic E-state index is 0.319. The minimum absolute atomic E-state index is 0.319. The normalized spacial score (nSPS) is 26.7. The molecular weight excluding hydrogens is 224 g/mol. The third kappa shape index (κ3) is 2.59. The van der Waals surface area contributed by atoms with Gasteiger partial charge in [-0.15, -0.1) is 0 Å². The lowest BCUT2D eigenvalue weighted by molar-refractivity contribution is 0.185. The zero-order valence-electron chi connectivity index (χ0n) is 11.8. The summed E-state index contributed by atoms with van der Waals surface area (Å²) in [6.45, 7) is 9.69. The van der Waals surface area contributed by atoms with Crippen LogP contribution in [-0.2, 0) is 6.54 Å². The van der Waals surface area contributed by atoms with Crippen molar-refractivity contribution in [3.05, 3.63) is 18.2 Å². The highest BCUT2D eigenvalue weighted by Gasteiger charge is 2.33. The molecule has 3 unspecified atom stereocenters. The van der Waals surface area contributed by atoms with Gasteiger partial charge in [0.05, 0.1) is 18.1 Å². The third-order valence-corrected chi connectivity index (χ3v) is 4.01. The van der Waals surface area contributed by atoms with Crippen LogP contribution in [0.1, 0.15) is 45.3 Å². The summed E-state index contributed by atoms with van der Waals surface area (Å²) in [4.78, 5) is 6.86. The molecule has 18 heavy (non-hydrogen) atoms. The van der Waals surface area contributed by atoms with E-state index in [0.717, 1.165) is 25.4 Å². The molecule has 0 aliphatic carbocycles. The Labute approximate surface area is 110 Å². The summed E-state index contributed by atoms with van der Waals surface area (Å²) in [5, 5.41) is 0. The Morgan fingerprint density at radius 1 is 1.50 bits per heavy atom. The standard InChI is InChI=1S/C14H26N4/c1-4-5-17-10-16-8-14(17)13(7-15)18-9-11(2)6-12(18)3/h8,10-13H,4-7,9,15H2,1-3H3. The van der Waals surface area contributed by atoms with E-state index in [4.69, 9.17) is 5.73 Å². The molecule has 1 fully saturated rings. The van der Waals surface area contributed by atoms with Crippen molar-refractivity contribution in [1.82, 2.24) is 14.5 Å². The molecule has 0 bridgehead atoms. The Morgan fingerprint density at radius 2 is 2.28 bits per heavy atom. The van der Waals surface area contributed by atoms with Gasteiger partial charge in [0, 0.05) is 31.9 Å². The van der Waals surface area contributed by atoms with Gasteiger partial charge in [-0.25, -0.2) is 4.98 Å². The molecule has 4 nitrogen and oxygen atoms in total. The first kappa shape index (κ1) is 13.6. The zero-order chi connectivity index (χ0) is 13.1. The summed E-state index contributed by atoms with van der Waals surface area (Å²) < 4.78 is 2.26. The SMILES string of the molecule is CCCn1cncc1C(CN)N1CC(C)CC1C. The summed E-state index contributed by atoms with van der Waals surface area (Å²) in [6.07, 6.45) is 6.33. The molecule has 102 valence electrons. The molecule has 0 spiro atoms. The number of rotatable bonds is 5. The van der Waals surface area contributed by atoms with Gasteiger partial charge in [0.2, 0.25) is 0 Å². The predicted molar refractivity (Wildman–Crippen MR) is 74.3 cm³/mol. The van der Waals surface area contributed by atoms with Gasteiger partial charge in [0.1, 0.15) is 0 Å². The number of imidazole rings is 1. The lowest BCUT2D eigenvalue weighted by Crippen LogP contribution is -2.37. The van der Waals surface area contributed by atoms with Crippen LogP contribution in [0.2, 0.25) is 0 Å². The monoisotopic (exact) mass is 250 g/mol. The van der Waals surface area contributed by atoms with Gasteiger partial charge in [-0.05, 0) is 25.7 Å². The second-order valence-electron chi connectivity index (χ2n) is 5.65. The van der Waals surface area contributed by atoms with E-state index in [0.29, 0.717) is 18.6 Å². The molecule has 0 amide bonds. The van der Waals surface area contributed by atoms with Crippen LogP contribution in [0, 0.1) is 5.92 Å². The van der Waals surface area contributed by atoms with Crippen molar-refractivity contribution in [2.24, 2.45) is 11.7 Å². The van der Waals surface area contributed by atoms with Crippen LogP contribution in [-0.4, -0.2) is 33.6 Å². The third-order valence-electron chi connectivity index (χ3n) is 4.01. The van der Waals surface area contributed by atoms with Gasteiger partial charge in [0.25, 0.3) is 0 Å². The highest BCUT2D eigenvalue weighted by molar-refractivity contribution is 5.08. The molecule has 4 heteroatoms. The smallest absolute Gasteiger partial charge is 0.0948 e. The number of hydrogen-bond acceptors (Lipinski definition) is 3. The molecule has 0 aromatic carbocycles. The molecule has 1 aliphatic heterocycles. The Hall–Kier alpha value is -0.870. The molecular formula is C14H26N4. The first-order valence-corrected chi connectivity index (χ1v) is 7.13. The van der Waals surface area contributed by atoms with Gasteiger partial charge < -0.3 is 10.3 Å². The minimum Gasteiger partial charge on any atom is -0.333 e. The van der Waals surface area contributed by atoms with Crippen molar-refractivity contribution in [3.63, 3.8) is 0 Å². The van der Waals surface area contributed by atoms with E-state index < -0.39 is 0 Å². The Balaban J connectivity index is 2.19. The van der Waals surface area contributed by atoms with E-state index >= 15 is 0 Å². The van der Waals surface area contributed by atoms with E-state index in [2.05, 4.69) is 35.2 Å². The fourth-order valence-corrected chi connectivity index (χ4v) is 3.23. The van der Waals surface area contributed by atoms with Gasteiger partial charge in [0.15, 0.2) is 0 Å². The summed E-state index contributed by atoms with van der Waals surface area (Å²) in [5.41, 5.74) is 7.31. The summed E-state index contributed by atoms with van der Waals surface area (Å²) in [5.74, 6) is 0.775. The van der Waals surface area contributed by atoms with Crippen LogP contribution in [0.3, 0.4) is 0 Å². The molecule has 2 heterocycles. The highest BCUT2D eigenvalue weighted by atomic mass is 15.2. The van der Waals surface area contributed by atoms with Crippen LogP contribution in [0.25, 0.3) is 0 Å². The average molecular weight is 250 g/mol. The predicted octanol–water partition coefficient (Wildman–Crippen LogP) is 2.02. The van der Waals surface area contributed by atoms with Crippen molar-refractivity contribution >= 4 is 0 Å². The molecule has 1 aromatic rings. The van der Waals surface area contributed by atoms with Crippen LogP contribution in [0.4, 0.5) is 0 Å². The molecule has 1 aliphatic rings. The quantitative estimate of drug-likeness (QED) is 0.869. The fourth-order valence-electron chi connectivity index (χ4n) is 3.23. The lowest BCUT2D eigenvalue weighted by atomic mass is 10.1. The van der Waals surface area contributed by atoms with E-state index in [1.807, 2.05) is 12.5 Å². The number of aryl methyl sites for hydroxylation is 1. The molecule has 3 atom stereocenters. The van der Waals surface area contributed by atoms with Crippen molar-refractivity contribution in [2.75, 3.05) is 13.1 Å². The number of nitrogens with zero attached hydrogens (tertiary/aromatic N) is 3. The van der Waals surface area contributed by atoms with E-state index in [1.165, 1.54) is 12.1 Å². The average Bonchev–Trinajstić information content (AvgIpc) is 2.89. The van der Waals surface area contributed by atoms with Crippen LogP contribution >= 0.6 is 0 Å². The van der Waals surface area contributed by atoms with Gasteiger partial charge in [-0.1, -0.05) is 13.8 Å². The van der Waals surface area contributed by atoms with Crippen molar-refractivity contribution in [2.45, 2.75) is 52.2 Å². The van der Waals surface area contributed by atoms with E-state index in [9.17, 15) is 0 Å². The first-order chi connectivity index (χ1) is 8.67. The van der Waals surface area contributed by atoms with Gasteiger partial charge >= 0.3 is 0 Å². The molecule has 1 saturated heterocycles. The first-order valence-electron chi connectivity index (χ1n) is 7.13. The van der Waals surface area contributed by atoms with Crippen molar-refractivity contribution < 1.29 is 0 Å². The maximum absolute atomic E-state index is 6.03. The number of nitrogens with two attached hydrogens (primary N) is 1. The molecule has 0 radical (unpaired) electrons. The van der Waals surface area contributed by atoms with Crippen LogP contribution in [0.5, 0.6) is 0 Å². The second kappa shape index (κ2) is 5.85. The maximum atomic E-state index is 6.03. The topological polar surface area (TPSA) is 47.1 Å². The van der Waals surface area contributed by atoms with Crippen molar-refractivity contribution in [1.29, 1.82) is 0 Å². The lowest BCUT2D eigenvalue weighted by Gasteiger charge is -2.31. The Kier molecular flexibility index (Phi) is 4.40. The van der Waals surface area contributed by atoms with Crippen LogP contribution in [0.15, 0.2) is 12.5 Å². The summed E-state index contributed by atoms with van der Waals surface area (Å²) in [6, 6.07) is 0.942. The molecule has 1 aromatic heterocycles. The number of hydrogen-bond donors (Lipinski definition) is 1. The fraction of sp³-hybridized carbons (Fsp3) is 0.786. The largest absolute Gasteiger partial charge is 0.333 e. The molecule has 0 saturated carbocycles. The Bertz CT molecular complexity index is 374. The number of aromatic nitrogens is 2. The summed E-state index contributed by atoms with van der Waals surface area (Å²) >= 11 is 0. The Morgan fingerprint density at radius 3 is 2.83 bits per heavy atom. The van der Waals surface area contributed by atoms with E-state index in [-0.39, 0.29) is 0 Å². The maximum Gasteiger partial charge on any atom is 0.0948 e. The summed E-state index contributed by atoms with van der Waals surface area (Å²) in [7, 11) is 0. The van der Waals surface area contributed by atoms with Crippen LogP contribution < -0.4 is 5.73 Å². The zero-order valence-corrected chi connectivity index (χ0v) is 11.8. The van der Waals surface area contributed by atoms with Gasteiger partial charge in [-0.2, -0.15) is 0 Å². The molecule has 2 N–H and O–H groups in total. The highest BCUT2D eigenvalue weighted by Crippen LogP contribution is 2.31. The number of likely N-dealkylation sites (tertiary alicyclic amines) is 1. The van der Waals surface area contributed by atoms with Gasteiger partial charge in [-0.3, -0.25) is 4.90 Å².